The van der Waals surface area contributed by atoms with Crippen molar-refractivity contribution in [3.8, 4) is 0 Å². The molecule has 0 radical (unpaired) electrons. The normalized spacial score (nSPS) is 20.8. The molecular formula is C13H17N3O2. The number of hydrogen-bond donors (Lipinski definition) is 2. The first-order chi connectivity index (χ1) is 8.60. The SMILES string of the molecule is CCC1C(=O)NC(=O)CN1Cc1cccc(N)c1. The molecule has 1 aliphatic rings. The van der Waals surface area contributed by atoms with Crippen molar-refractivity contribution in [1.29, 1.82) is 0 Å². The minimum atomic E-state index is -0.246. The fourth-order valence-electron chi connectivity index (χ4n) is 2.26. The zero-order valence-electron chi connectivity index (χ0n) is 10.3. The molecule has 0 aliphatic carbocycles. The van der Waals surface area contributed by atoms with Gasteiger partial charge < -0.3 is 5.73 Å². The van der Waals surface area contributed by atoms with Crippen molar-refractivity contribution in [2.75, 3.05) is 12.3 Å². The lowest BCUT2D eigenvalue weighted by molar-refractivity contribution is -0.140. The predicted octanol–water partition coefficient (Wildman–Crippen LogP) is 0.506. The molecule has 3 N–H and O–H groups in total. The minimum Gasteiger partial charge on any atom is -0.399 e. The molecule has 5 nitrogen and oxygen atoms in total. The summed E-state index contributed by atoms with van der Waals surface area (Å²) in [5.41, 5.74) is 7.42. The summed E-state index contributed by atoms with van der Waals surface area (Å²) in [6.45, 7) is 2.74. The Balaban J connectivity index is 2.15. The second kappa shape index (κ2) is 5.18. The molecule has 1 fully saturated rings. The molecule has 96 valence electrons. The van der Waals surface area contributed by atoms with Crippen LogP contribution in [0.15, 0.2) is 24.3 Å². The van der Waals surface area contributed by atoms with Crippen LogP contribution in [0.3, 0.4) is 0 Å². The number of benzene rings is 1. The van der Waals surface area contributed by atoms with Crippen LogP contribution in [0.25, 0.3) is 0 Å². The highest BCUT2D eigenvalue weighted by Gasteiger charge is 2.32. The molecule has 0 spiro atoms. The van der Waals surface area contributed by atoms with Crippen LogP contribution >= 0.6 is 0 Å². The third-order valence-electron chi connectivity index (χ3n) is 3.08. The average molecular weight is 247 g/mol. The zero-order chi connectivity index (χ0) is 13.1. The molecule has 1 atom stereocenters. The first-order valence-corrected chi connectivity index (χ1v) is 6.02. The van der Waals surface area contributed by atoms with Gasteiger partial charge in [0, 0.05) is 12.2 Å². The van der Waals surface area contributed by atoms with Gasteiger partial charge in [-0.2, -0.15) is 0 Å². The summed E-state index contributed by atoms with van der Waals surface area (Å²) >= 11 is 0. The number of nitrogen functional groups attached to an aromatic ring is 1. The zero-order valence-corrected chi connectivity index (χ0v) is 10.3. The molecule has 1 aliphatic heterocycles. The average Bonchev–Trinajstić information content (AvgIpc) is 2.28. The van der Waals surface area contributed by atoms with E-state index in [2.05, 4.69) is 5.32 Å². The van der Waals surface area contributed by atoms with E-state index in [-0.39, 0.29) is 24.4 Å². The highest BCUT2D eigenvalue weighted by atomic mass is 16.2. The molecular weight excluding hydrogens is 230 g/mol. The first kappa shape index (κ1) is 12.6. The van der Waals surface area contributed by atoms with E-state index >= 15 is 0 Å². The smallest absolute Gasteiger partial charge is 0.243 e. The number of piperazine rings is 1. The summed E-state index contributed by atoms with van der Waals surface area (Å²) in [7, 11) is 0. The quantitative estimate of drug-likeness (QED) is 0.602. The molecule has 2 amide bonds. The monoisotopic (exact) mass is 247 g/mol. The number of nitrogens with one attached hydrogen (secondary N) is 1. The highest BCUT2D eigenvalue weighted by molar-refractivity contribution is 6.01. The van der Waals surface area contributed by atoms with E-state index in [0.717, 1.165) is 5.56 Å². The molecule has 0 saturated carbocycles. The Kier molecular flexibility index (Phi) is 3.62. The van der Waals surface area contributed by atoms with Crippen LogP contribution in [0, 0.1) is 0 Å². The van der Waals surface area contributed by atoms with Gasteiger partial charge in [-0.25, -0.2) is 0 Å². The molecule has 1 aromatic rings. The van der Waals surface area contributed by atoms with Crippen LogP contribution in [-0.2, 0) is 16.1 Å². The van der Waals surface area contributed by atoms with E-state index in [1.54, 1.807) is 0 Å². The van der Waals surface area contributed by atoms with Crippen LogP contribution < -0.4 is 11.1 Å². The standard InChI is InChI=1S/C13H17N3O2/c1-2-11-13(18)15-12(17)8-16(11)7-9-4-3-5-10(14)6-9/h3-6,11H,2,7-8,14H2,1H3,(H,15,17,18). The maximum atomic E-state index is 11.7. The lowest BCUT2D eigenvalue weighted by atomic mass is 10.1. The third kappa shape index (κ3) is 2.68. The molecule has 1 saturated heterocycles. The Morgan fingerprint density at radius 1 is 1.44 bits per heavy atom. The van der Waals surface area contributed by atoms with E-state index in [1.807, 2.05) is 36.1 Å². The molecule has 2 rings (SSSR count). The molecule has 1 heterocycles. The van der Waals surface area contributed by atoms with E-state index in [9.17, 15) is 9.59 Å². The van der Waals surface area contributed by atoms with Gasteiger partial charge in [-0.05, 0) is 24.1 Å². The number of nitrogens with zero attached hydrogens (tertiary/aromatic N) is 1. The van der Waals surface area contributed by atoms with Crippen molar-refractivity contribution < 1.29 is 9.59 Å². The van der Waals surface area contributed by atoms with Gasteiger partial charge in [0.25, 0.3) is 0 Å². The fourth-order valence-corrected chi connectivity index (χ4v) is 2.26. The number of hydrogen-bond acceptors (Lipinski definition) is 4. The maximum Gasteiger partial charge on any atom is 0.243 e. The van der Waals surface area contributed by atoms with Crippen LogP contribution in [0.4, 0.5) is 5.69 Å². The molecule has 1 aromatic carbocycles. The predicted molar refractivity (Wildman–Crippen MR) is 68.5 cm³/mol. The van der Waals surface area contributed by atoms with Crippen molar-refractivity contribution in [3.63, 3.8) is 0 Å². The lowest BCUT2D eigenvalue weighted by Crippen LogP contribution is -2.57. The third-order valence-corrected chi connectivity index (χ3v) is 3.08. The van der Waals surface area contributed by atoms with Gasteiger partial charge in [-0.1, -0.05) is 19.1 Å². The van der Waals surface area contributed by atoms with Crippen molar-refractivity contribution in [1.82, 2.24) is 10.2 Å². The number of carbonyl (C=O) groups excluding carboxylic acids is 2. The Hall–Kier alpha value is -1.88. The van der Waals surface area contributed by atoms with Gasteiger partial charge in [0.1, 0.15) is 0 Å². The number of anilines is 1. The number of rotatable bonds is 3. The van der Waals surface area contributed by atoms with Crippen LogP contribution in [0.5, 0.6) is 0 Å². The van der Waals surface area contributed by atoms with E-state index < -0.39 is 0 Å². The largest absolute Gasteiger partial charge is 0.399 e. The Bertz CT molecular complexity index is 473. The second-order valence-corrected chi connectivity index (χ2v) is 4.49. The maximum absolute atomic E-state index is 11.7. The second-order valence-electron chi connectivity index (χ2n) is 4.49. The highest BCUT2D eigenvalue weighted by Crippen LogP contribution is 2.15. The number of carbonyl (C=O) groups is 2. The number of imide groups is 1. The number of nitrogens with two attached hydrogens (primary N) is 1. The van der Waals surface area contributed by atoms with Gasteiger partial charge in [0.15, 0.2) is 0 Å². The van der Waals surface area contributed by atoms with Crippen LogP contribution in [-0.4, -0.2) is 29.3 Å². The van der Waals surface area contributed by atoms with E-state index in [4.69, 9.17) is 5.73 Å². The summed E-state index contributed by atoms with van der Waals surface area (Å²) < 4.78 is 0. The molecule has 5 heteroatoms. The van der Waals surface area contributed by atoms with Gasteiger partial charge in [0.2, 0.25) is 11.8 Å². The van der Waals surface area contributed by atoms with E-state index in [0.29, 0.717) is 18.7 Å². The summed E-state index contributed by atoms with van der Waals surface area (Å²) in [6, 6.07) is 7.25. The molecule has 1 unspecified atom stereocenters. The lowest BCUT2D eigenvalue weighted by Gasteiger charge is -2.33. The summed E-state index contributed by atoms with van der Waals surface area (Å²) in [6.07, 6.45) is 0.682. The van der Waals surface area contributed by atoms with Crippen molar-refractivity contribution in [2.45, 2.75) is 25.9 Å². The number of amides is 2. The summed E-state index contributed by atoms with van der Waals surface area (Å²) in [5, 5.41) is 2.36. The molecule has 0 bridgehead atoms. The van der Waals surface area contributed by atoms with Crippen LogP contribution in [0.1, 0.15) is 18.9 Å². The van der Waals surface area contributed by atoms with Gasteiger partial charge in [0.05, 0.1) is 12.6 Å². The first-order valence-electron chi connectivity index (χ1n) is 6.02. The fraction of sp³-hybridized carbons (Fsp3) is 0.385. The van der Waals surface area contributed by atoms with Gasteiger partial charge in [-0.3, -0.25) is 19.8 Å². The topological polar surface area (TPSA) is 75.4 Å². The minimum absolute atomic E-state index is 0.211. The van der Waals surface area contributed by atoms with Crippen molar-refractivity contribution >= 4 is 17.5 Å². The van der Waals surface area contributed by atoms with Crippen LogP contribution in [0.2, 0.25) is 0 Å². The summed E-state index contributed by atoms with van der Waals surface area (Å²) in [4.78, 5) is 25.0. The Morgan fingerprint density at radius 2 is 2.22 bits per heavy atom. The summed E-state index contributed by atoms with van der Waals surface area (Å²) in [5.74, 6) is -0.453. The Labute approximate surface area is 106 Å². The Morgan fingerprint density at radius 3 is 2.89 bits per heavy atom. The molecule has 18 heavy (non-hydrogen) atoms. The van der Waals surface area contributed by atoms with Gasteiger partial charge in [-0.15, -0.1) is 0 Å². The van der Waals surface area contributed by atoms with Crippen molar-refractivity contribution in [3.05, 3.63) is 29.8 Å². The van der Waals surface area contributed by atoms with E-state index in [1.165, 1.54) is 0 Å². The van der Waals surface area contributed by atoms with Crippen molar-refractivity contribution in [2.24, 2.45) is 0 Å². The van der Waals surface area contributed by atoms with Gasteiger partial charge >= 0.3 is 0 Å². The molecule has 0 aromatic heterocycles.